The Morgan fingerprint density at radius 1 is 0.966 bits per heavy atom. The van der Waals surface area contributed by atoms with E-state index in [1.165, 1.54) is 35.1 Å². The van der Waals surface area contributed by atoms with Gasteiger partial charge in [-0.25, -0.2) is 0 Å². The number of carbonyl (C=O) groups is 1. The molecule has 2 heterocycles. The lowest BCUT2D eigenvalue weighted by Gasteiger charge is -2.28. The maximum atomic E-state index is 12.8. The van der Waals surface area contributed by atoms with Crippen molar-refractivity contribution >= 4 is 5.91 Å². The van der Waals surface area contributed by atoms with E-state index >= 15 is 0 Å². The number of hydrogen-bond donors (Lipinski definition) is 0. The van der Waals surface area contributed by atoms with E-state index in [2.05, 4.69) is 29.4 Å². The van der Waals surface area contributed by atoms with Crippen LogP contribution in [-0.2, 0) is 32.4 Å². The number of carbonyl (C=O) groups excluding carboxylic acids is 1. The molecule has 5 rings (SSSR count). The van der Waals surface area contributed by atoms with Crippen LogP contribution in [-0.4, -0.2) is 22.5 Å². The number of hydrogen-bond acceptors (Lipinski definition) is 4. The fourth-order valence-electron chi connectivity index (χ4n) is 4.27. The van der Waals surface area contributed by atoms with Crippen molar-refractivity contribution < 1.29 is 14.1 Å². The highest BCUT2D eigenvalue weighted by atomic mass is 16.5. The molecular formula is C24H24N2O3. The van der Waals surface area contributed by atoms with E-state index in [1.807, 2.05) is 23.1 Å². The molecule has 0 bridgehead atoms. The lowest BCUT2D eigenvalue weighted by atomic mass is 9.92. The number of benzene rings is 2. The minimum atomic E-state index is -0.0942. The predicted molar refractivity (Wildman–Crippen MR) is 109 cm³/mol. The van der Waals surface area contributed by atoms with Crippen LogP contribution in [0.5, 0.6) is 5.75 Å². The third kappa shape index (κ3) is 3.77. The monoisotopic (exact) mass is 388 g/mol. The third-order valence-electron chi connectivity index (χ3n) is 5.90. The number of fused-ring (bicyclic) bond motifs is 2. The van der Waals surface area contributed by atoms with Gasteiger partial charge in [0, 0.05) is 19.2 Å². The molecule has 2 aromatic carbocycles. The summed E-state index contributed by atoms with van der Waals surface area (Å²) >= 11 is 0. The van der Waals surface area contributed by atoms with E-state index in [9.17, 15) is 4.79 Å². The lowest BCUT2D eigenvalue weighted by Crippen LogP contribution is -2.36. The lowest BCUT2D eigenvalue weighted by molar-refractivity contribution is 0.0724. The highest BCUT2D eigenvalue weighted by Crippen LogP contribution is 2.26. The fraction of sp³-hybridized carbons (Fsp3) is 0.333. The average molecular weight is 388 g/mol. The fourth-order valence-corrected chi connectivity index (χ4v) is 4.27. The molecule has 0 saturated heterocycles. The summed E-state index contributed by atoms with van der Waals surface area (Å²) in [4.78, 5) is 14.6. The molecule has 0 spiro atoms. The Kier molecular flexibility index (Phi) is 4.80. The van der Waals surface area contributed by atoms with Crippen molar-refractivity contribution in [1.29, 1.82) is 0 Å². The summed E-state index contributed by atoms with van der Waals surface area (Å²) < 4.78 is 11.2. The average Bonchev–Trinajstić information content (AvgIpc) is 3.26. The Labute approximate surface area is 170 Å². The number of nitrogens with zero attached hydrogens (tertiary/aromatic N) is 2. The van der Waals surface area contributed by atoms with Crippen LogP contribution >= 0.6 is 0 Å². The van der Waals surface area contributed by atoms with Crippen LogP contribution in [0.25, 0.3) is 0 Å². The van der Waals surface area contributed by atoms with Crippen molar-refractivity contribution in [3.8, 4) is 5.75 Å². The minimum absolute atomic E-state index is 0.0942. The van der Waals surface area contributed by atoms with E-state index in [0.717, 1.165) is 25.0 Å². The van der Waals surface area contributed by atoms with Crippen LogP contribution in [0.3, 0.4) is 0 Å². The van der Waals surface area contributed by atoms with Crippen LogP contribution < -0.4 is 4.74 Å². The summed E-state index contributed by atoms with van der Waals surface area (Å²) in [6.45, 7) is 1.58. The van der Waals surface area contributed by atoms with Gasteiger partial charge in [0.1, 0.15) is 12.4 Å². The topological polar surface area (TPSA) is 55.6 Å². The second-order valence-electron chi connectivity index (χ2n) is 7.85. The van der Waals surface area contributed by atoms with Crippen molar-refractivity contribution in [2.75, 3.05) is 6.54 Å². The van der Waals surface area contributed by atoms with Crippen molar-refractivity contribution in [3.05, 3.63) is 82.2 Å². The van der Waals surface area contributed by atoms with Gasteiger partial charge < -0.3 is 14.2 Å². The summed E-state index contributed by atoms with van der Waals surface area (Å²) in [5.41, 5.74) is 5.67. The molecule has 1 aliphatic heterocycles. The van der Waals surface area contributed by atoms with Gasteiger partial charge in [0.25, 0.3) is 5.91 Å². The quantitative estimate of drug-likeness (QED) is 0.668. The van der Waals surface area contributed by atoms with Crippen LogP contribution in [0.15, 0.2) is 53.1 Å². The molecule has 148 valence electrons. The summed E-state index contributed by atoms with van der Waals surface area (Å²) in [5.74, 6) is 1.30. The first-order valence-corrected chi connectivity index (χ1v) is 10.3. The predicted octanol–water partition coefficient (Wildman–Crippen LogP) is 4.33. The Morgan fingerprint density at radius 3 is 2.66 bits per heavy atom. The van der Waals surface area contributed by atoms with Crippen molar-refractivity contribution in [1.82, 2.24) is 10.1 Å². The number of ether oxygens (including phenoxy) is 1. The largest absolute Gasteiger partial charge is 0.486 e. The van der Waals surface area contributed by atoms with E-state index in [1.54, 1.807) is 6.07 Å². The molecule has 0 saturated carbocycles. The van der Waals surface area contributed by atoms with Gasteiger partial charge in [0.2, 0.25) is 0 Å². The first kappa shape index (κ1) is 18.0. The zero-order valence-electron chi connectivity index (χ0n) is 16.4. The van der Waals surface area contributed by atoms with Crippen LogP contribution in [0.1, 0.15) is 51.3 Å². The Bertz CT molecular complexity index is 1040. The molecule has 1 aromatic heterocycles. The number of rotatable bonds is 4. The Balaban J connectivity index is 1.22. The molecule has 5 heteroatoms. The van der Waals surface area contributed by atoms with Crippen LogP contribution in [0.2, 0.25) is 0 Å². The smallest absolute Gasteiger partial charge is 0.276 e. The highest BCUT2D eigenvalue weighted by Gasteiger charge is 2.24. The first-order valence-electron chi connectivity index (χ1n) is 10.3. The molecule has 0 N–H and O–H groups in total. The SMILES string of the molecule is O=C(c1cc(COc2ccc3c(c2)CCCC3)on1)N1CCc2ccccc2C1. The van der Waals surface area contributed by atoms with Gasteiger partial charge in [-0.1, -0.05) is 35.5 Å². The van der Waals surface area contributed by atoms with E-state index < -0.39 is 0 Å². The van der Waals surface area contributed by atoms with Gasteiger partial charge in [-0.15, -0.1) is 0 Å². The first-order chi connectivity index (χ1) is 14.3. The van der Waals surface area contributed by atoms with Crippen LogP contribution in [0.4, 0.5) is 0 Å². The molecule has 2 aliphatic rings. The standard InChI is InChI=1S/C24H24N2O3/c27-24(26-12-11-18-6-2-4-8-20(18)15-26)23-14-22(29-25-23)16-28-21-10-9-17-5-1-3-7-19(17)13-21/h2,4,6,8-10,13-14H,1,3,5,7,11-12,15-16H2. The Morgan fingerprint density at radius 2 is 1.76 bits per heavy atom. The number of amides is 1. The summed E-state index contributed by atoms with van der Waals surface area (Å²) in [7, 11) is 0. The van der Waals surface area contributed by atoms with Crippen molar-refractivity contribution in [2.45, 2.75) is 45.3 Å². The molecule has 0 atom stereocenters. The molecule has 1 aliphatic carbocycles. The number of aromatic nitrogens is 1. The van der Waals surface area contributed by atoms with E-state index in [4.69, 9.17) is 9.26 Å². The second-order valence-corrected chi connectivity index (χ2v) is 7.85. The van der Waals surface area contributed by atoms with Crippen molar-refractivity contribution in [2.24, 2.45) is 0 Å². The maximum absolute atomic E-state index is 12.8. The van der Waals surface area contributed by atoms with E-state index in [0.29, 0.717) is 24.5 Å². The van der Waals surface area contributed by atoms with Gasteiger partial charge in [-0.05, 0) is 66.5 Å². The highest BCUT2D eigenvalue weighted by molar-refractivity contribution is 5.92. The summed E-state index contributed by atoms with van der Waals surface area (Å²) in [6.07, 6.45) is 5.65. The maximum Gasteiger partial charge on any atom is 0.276 e. The normalized spacial score (nSPS) is 15.5. The van der Waals surface area contributed by atoms with Gasteiger partial charge in [0.05, 0.1) is 0 Å². The molecule has 29 heavy (non-hydrogen) atoms. The zero-order chi connectivity index (χ0) is 19.6. The second kappa shape index (κ2) is 7.74. The molecule has 1 amide bonds. The van der Waals surface area contributed by atoms with Gasteiger partial charge >= 0.3 is 0 Å². The van der Waals surface area contributed by atoms with Gasteiger partial charge in [-0.3, -0.25) is 4.79 Å². The molecule has 0 unspecified atom stereocenters. The van der Waals surface area contributed by atoms with Gasteiger partial charge in [-0.2, -0.15) is 0 Å². The minimum Gasteiger partial charge on any atom is -0.486 e. The molecule has 0 radical (unpaired) electrons. The third-order valence-corrected chi connectivity index (χ3v) is 5.90. The van der Waals surface area contributed by atoms with Gasteiger partial charge in [0.15, 0.2) is 11.5 Å². The summed E-state index contributed by atoms with van der Waals surface area (Å²) in [5, 5.41) is 3.98. The van der Waals surface area contributed by atoms with E-state index in [-0.39, 0.29) is 12.5 Å². The molecule has 0 fully saturated rings. The Hall–Kier alpha value is -3.08. The molecule has 5 nitrogen and oxygen atoms in total. The zero-order valence-corrected chi connectivity index (χ0v) is 16.4. The number of aryl methyl sites for hydroxylation is 2. The molecular weight excluding hydrogens is 364 g/mol. The van der Waals surface area contributed by atoms with Crippen molar-refractivity contribution in [3.63, 3.8) is 0 Å². The summed E-state index contributed by atoms with van der Waals surface area (Å²) in [6, 6.07) is 16.3. The molecule has 3 aromatic rings. The van der Waals surface area contributed by atoms with Crippen LogP contribution in [0, 0.1) is 0 Å².